The second kappa shape index (κ2) is 15.1. The number of hydrogen-bond acceptors (Lipinski definition) is 5. The van der Waals surface area contributed by atoms with Gasteiger partial charge in [0.15, 0.2) is 0 Å². The number of nitrogens with zero attached hydrogens (tertiary/aromatic N) is 5. The predicted molar refractivity (Wildman–Crippen MR) is 171 cm³/mol. The number of carbonyl (C=O) groups excluding carboxylic acids is 1. The summed E-state index contributed by atoms with van der Waals surface area (Å²) in [4.78, 5) is 18.5. The van der Waals surface area contributed by atoms with Crippen LogP contribution in [0.15, 0.2) is 70.2 Å². The molecule has 220 valence electrons. The number of rotatable bonds is 14. The molecular formula is C34H42N5O3+. The highest BCUT2D eigenvalue weighted by atomic mass is 16.5. The van der Waals surface area contributed by atoms with Crippen molar-refractivity contribution in [3.05, 3.63) is 82.0 Å². The van der Waals surface area contributed by atoms with Crippen LogP contribution < -0.4 is 14.8 Å². The third-order valence-corrected chi connectivity index (χ3v) is 7.81. The zero-order chi connectivity index (χ0) is 29.9. The van der Waals surface area contributed by atoms with Crippen molar-refractivity contribution in [2.75, 3.05) is 44.2 Å². The van der Waals surface area contributed by atoms with E-state index >= 15 is 0 Å². The van der Waals surface area contributed by atoms with Crippen molar-refractivity contribution >= 4 is 22.6 Å². The van der Waals surface area contributed by atoms with Gasteiger partial charge in [-0.05, 0) is 75.9 Å². The van der Waals surface area contributed by atoms with Crippen LogP contribution in [0.4, 0.5) is 5.69 Å². The first kappa shape index (κ1) is 30.7. The molecule has 2 aromatic carbocycles. The molecule has 8 heteroatoms. The van der Waals surface area contributed by atoms with Gasteiger partial charge in [-0.1, -0.05) is 36.2 Å². The maximum atomic E-state index is 13.4. The second-order valence-corrected chi connectivity index (χ2v) is 10.2. The second-order valence-electron chi connectivity index (χ2n) is 10.2. The van der Waals surface area contributed by atoms with E-state index in [1.54, 1.807) is 0 Å². The van der Waals surface area contributed by atoms with Crippen LogP contribution in [-0.4, -0.2) is 45.3 Å². The molecule has 1 aliphatic carbocycles. The standard InChI is InChI=1S/C34H42N5O3/c1-5-38(6-2)25-17-19-29-31(23-25)42-32-24-26(39(7-3)8-4)18-20-30(32)33(29)27-15-11-12-16-28(27)34(40)41-22-14-10-9-13-21-36-37-35/h11-12,15-20,23-24H,5-10,13-14,21-22H2,1-4H3/q+1. The Morgan fingerprint density at radius 2 is 1.69 bits per heavy atom. The van der Waals surface area contributed by atoms with Gasteiger partial charge in [-0.2, -0.15) is 0 Å². The van der Waals surface area contributed by atoms with E-state index in [4.69, 9.17) is 14.7 Å². The van der Waals surface area contributed by atoms with E-state index in [0.29, 0.717) is 18.7 Å². The monoisotopic (exact) mass is 568 g/mol. The Morgan fingerprint density at radius 1 is 0.929 bits per heavy atom. The average molecular weight is 569 g/mol. The normalized spacial score (nSPS) is 11.0. The highest BCUT2D eigenvalue weighted by molar-refractivity contribution is 6.08. The molecule has 0 aromatic heterocycles. The van der Waals surface area contributed by atoms with Gasteiger partial charge in [0.05, 0.1) is 18.2 Å². The van der Waals surface area contributed by atoms with Gasteiger partial charge in [0, 0.05) is 58.9 Å². The zero-order valence-corrected chi connectivity index (χ0v) is 25.3. The van der Waals surface area contributed by atoms with Crippen molar-refractivity contribution < 1.29 is 13.9 Å². The molecule has 0 N–H and O–H groups in total. The molecule has 0 unspecified atom stereocenters. The Balaban J connectivity index is 1.78. The Morgan fingerprint density at radius 3 is 2.43 bits per heavy atom. The minimum absolute atomic E-state index is 0.332. The molecule has 0 spiro atoms. The molecule has 0 fully saturated rings. The third kappa shape index (κ3) is 6.94. The number of fused-ring (bicyclic) bond motifs is 2. The van der Waals surface area contributed by atoms with Crippen molar-refractivity contribution in [2.45, 2.75) is 53.4 Å². The largest absolute Gasteiger partial charge is 0.462 e. The third-order valence-electron chi connectivity index (χ3n) is 7.81. The van der Waals surface area contributed by atoms with Gasteiger partial charge in [0.1, 0.15) is 24.4 Å². The first-order valence-electron chi connectivity index (χ1n) is 15.2. The van der Waals surface area contributed by atoms with Gasteiger partial charge >= 0.3 is 5.97 Å². The summed E-state index contributed by atoms with van der Waals surface area (Å²) in [5.41, 5.74) is 13.6. The molecule has 0 atom stereocenters. The van der Waals surface area contributed by atoms with Gasteiger partial charge < -0.3 is 14.1 Å². The molecule has 2 aromatic rings. The molecule has 1 heterocycles. The van der Waals surface area contributed by atoms with Crippen molar-refractivity contribution in [1.29, 1.82) is 0 Å². The number of azide groups is 1. The van der Waals surface area contributed by atoms with Crippen molar-refractivity contribution in [3.63, 3.8) is 0 Å². The molecule has 8 nitrogen and oxygen atoms in total. The lowest BCUT2D eigenvalue weighted by atomic mass is 9.90. The van der Waals surface area contributed by atoms with E-state index in [1.807, 2.05) is 24.3 Å². The number of unbranched alkanes of at least 4 members (excludes halogenated alkanes) is 3. The molecule has 0 amide bonds. The smallest absolute Gasteiger partial charge is 0.338 e. The van der Waals surface area contributed by atoms with Crippen LogP contribution in [0.5, 0.6) is 0 Å². The van der Waals surface area contributed by atoms with Crippen LogP contribution in [0.2, 0.25) is 0 Å². The lowest BCUT2D eigenvalue weighted by molar-refractivity contribution is 0.0498. The van der Waals surface area contributed by atoms with Crippen LogP contribution in [-0.2, 0) is 4.74 Å². The lowest BCUT2D eigenvalue weighted by Crippen LogP contribution is -2.29. The lowest BCUT2D eigenvalue weighted by Gasteiger charge is -2.22. The summed E-state index contributed by atoms with van der Waals surface area (Å²) < 4.78 is 14.6. The van der Waals surface area contributed by atoms with Crippen molar-refractivity contribution in [3.8, 4) is 22.5 Å². The fourth-order valence-corrected chi connectivity index (χ4v) is 5.53. The minimum Gasteiger partial charge on any atom is -0.462 e. The number of ether oxygens (including phenoxy) is 1. The van der Waals surface area contributed by atoms with Gasteiger partial charge in [-0.15, -0.1) is 0 Å². The summed E-state index contributed by atoms with van der Waals surface area (Å²) >= 11 is 0. The number of esters is 1. The molecular weight excluding hydrogens is 526 g/mol. The Kier molecular flexibility index (Phi) is 11.0. The summed E-state index contributed by atoms with van der Waals surface area (Å²) in [5, 5.41) is 5.62. The zero-order valence-electron chi connectivity index (χ0n) is 25.3. The number of carbonyl (C=O) groups is 1. The summed E-state index contributed by atoms with van der Waals surface area (Å²) in [5.74, 6) is 0.448. The fourth-order valence-electron chi connectivity index (χ4n) is 5.53. The highest BCUT2D eigenvalue weighted by Crippen LogP contribution is 2.42. The van der Waals surface area contributed by atoms with Gasteiger partial charge in [-0.3, -0.25) is 0 Å². The summed E-state index contributed by atoms with van der Waals surface area (Å²) in [6.07, 6.45) is 3.45. The Hall–Kier alpha value is -4.29. The fraction of sp³-hybridized carbons (Fsp3) is 0.412. The van der Waals surface area contributed by atoms with E-state index in [9.17, 15) is 4.79 Å². The molecule has 0 radical (unpaired) electrons. The van der Waals surface area contributed by atoms with E-state index in [1.165, 1.54) is 0 Å². The SMILES string of the molecule is CCN(CC)c1ccc2c(-c3ccccc3C(=O)OCCCCCCN=[N+]=[N-])c3ccc(=[N+](CC)CC)cc-3oc2c1. The van der Waals surface area contributed by atoms with Gasteiger partial charge in [0.25, 0.3) is 0 Å². The number of anilines is 1. The molecule has 42 heavy (non-hydrogen) atoms. The summed E-state index contributed by atoms with van der Waals surface area (Å²) in [6.45, 7) is 13.1. The quantitative estimate of drug-likeness (QED) is 0.0294. The predicted octanol–water partition coefficient (Wildman–Crippen LogP) is 7.89. The Bertz CT molecular complexity index is 1590. The van der Waals surface area contributed by atoms with Gasteiger partial charge in [0.2, 0.25) is 5.36 Å². The minimum atomic E-state index is -0.332. The van der Waals surface area contributed by atoms with E-state index < -0.39 is 0 Å². The Labute approximate surface area is 248 Å². The van der Waals surface area contributed by atoms with E-state index in [-0.39, 0.29) is 5.97 Å². The summed E-state index contributed by atoms with van der Waals surface area (Å²) in [6, 6.07) is 20.4. The first-order chi connectivity index (χ1) is 20.6. The maximum absolute atomic E-state index is 13.4. The van der Waals surface area contributed by atoms with Crippen molar-refractivity contribution in [1.82, 2.24) is 4.58 Å². The highest BCUT2D eigenvalue weighted by Gasteiger charge is 2.23. The number of hydrogen-bond donors (Lipinski definition) is 0. The van der Waals surface area contributed by atoms with Crippen LogP contribution in [0, 0.1) is 0 Å². The molecule has 1 aliphatic heterocycles. The molecule has 0 saturated carbocycles. The van der Waals surface area contributed by atoms with E-state index in [0.717, 1.165) is 96.3 Å². The van der Waals surface area contributed by atoms with E-state index in [2.05, 4.69) is 83.6 Å². The van der Waals surface area contributed by atoms with Crippen LogP contribution in [0.3, 0.4) is 0 Å². The van der Waals surface area contributed by atoms with Gasteiger partial charge in [-0.25, -0.2) is 9.37 Å². The van der Waals surface area contributed by atoms with Crippen molar-refractivity contribution in [2.24, 2.45) is 5.11 Å². The molecule has 0 saturated heterocycles. The van der Waals surface area contributed by atoms with Crippen LogP contribution >= 0.6 is 0 Å². The molecule has 2 aliphatic rings. The molecule has 4 rings (SSSR count). The average Bonchev–Trinajstić information content (AvgIpc) is 3.02. The van der Waals surface area contributed by atoms with Crippen LogP contribution in [0.25, 0.3) is 43.9 Å². The number of benzene rings is 3. The maximum Gasteiger partial charge on any atom is 0.338 e. The van der Waals surface area contributed by atoms with Crippen LogP contribution in [0.1, 0.15) is 63.7 Å². The topological polar surface area (TPSA) is 94.5 Å². The summed E-state index contributed by atoms with van der Waals surface area (Å²) in [7, 11) is 0. The molecule has 0 bridgehead atoms. The first-order valence-corrected chi connectivity index (χ1v) is 15.2.